The number of fused-ring (bicyclic) bond motifs is 1. The molecule has 0 aliphatic carbocycles. The van der Waals surface area contributed by atoms with Gasteiger partial charge in [-0.15, -0.1) is 0 Å². The molecule has 4 rings (SSSR count). The number of nitrogens with zero attached hydrogens (tertiary/aromatic N) is 4. The molecule has 1 fully saturated rings. The Labute approximate surface area is 176 Å². The summed E-state index contributed by atoms with van der Waals surface area (Å²) in [5, 5.41) is 3.03. The second-order valence-electron chi connectivity index (χ2n) is 7.25. The minimum Gasteiger partial charge on any atom is -0.352 e. The molecule has 150 valence electrons. The van der Waals surface area contributed by atoms with Gasteiger partial charge in [-0.25, -0.2) is 9.97 Å². The molecule has 1 aromatic carbocycles. The maximum atomic E-state index is 12.7. The fourth-order valence-corrected chi connectivity index (χ4v) is 4.13. The zero-order chi connectivity index (χ0) is 20.4. The molecule has 1 saturated heterocycles. The maximum absolute atomic E-state index is 12.7. The number of piperidine rings is 1. The summed E-state index contributed by atoms with van der Waals surface area (Å²) >= 11 is 3.45. The maximum Gasteiger partial charge on any atom is 0.294 e. The highest BCUT2D eigenvalue weighted by Gasteiger charge is 2.27. The standard InChI is InChI=1S/C21H22BrN5O2/c1-26-18-17(6-3-9-23-18)25-19(21(26)29)27-10-7-15(8-11-27)20(28)24-13-14-4-2-5-16(22)12-14/h2-6,9,12,15H,7-8,10-11,13H2,1H3,(H,24,28). The summed E-state index contributed by atoms with van der Waals surface area (Å²) in [4.78, 5) is 36.0. The van der Waals surface area contributed by atoms with Crippen molar-refractivity contribution >= 4 is 38.8 Å². The van der Waals surface area contributed by atoms with Gasteiger partial charge in [-0.2, -0.15) is 0 Å². The second kappa shape index (κ2) is 8.32. The number of hydrogen-bond donors (Lipinski definition) is 1. The Morgan fingerprint density at radius 1 is 1.24 bits per heavy atom. The van der Waals surface area contributed by atoms with Gasteiger partial charge in [0.2, 0.25) is 5.91 Å². The quantitative estimate of drug-likeness (QED) is 0.653. The number of halogens is 1. The average Bonchev–Trinajstić information content (AvgIpc) is 2.75. The van der Waals surface area contributed by atoms with E-state index in [1.165, 1.54) is 4.57 Å². The van der Waals surface area contributed by atoms with E-state index >= 15 is 0 Å². The number of nitrogens with one attached hydrogen (secondary N) is 1. The van der Waals surface area contributed by atoms with Crippen LogP contribution in [-0.2, 0) is 18.4 Å². The molecule has 0 spiro atoms. The number of carbonyl (C=O) groups is 1. The lowest BCUT2D eigenvalue weighted by Gasteiger charge is -2.31. The van der Waals surface area contributed by atoms with Gasteiger partial charge in [0.1, 0.15) is 5.52 Å². The number of benzene rings is 1. The lowest BCUT2D eigenvalue weighted by Crippen LogP contribution is -2.43. The number of anilines is 1. The molecule has 0 atom stereocenters. The van der Waals surface area contributed by atoms with Crippen molar-refractivity contribution < 1.29 is 4.79 Å². The molecule has 1 amide bonds. The number of amides is 1. The molecule has 1 aliphatic heterocycles. The Morgan fingerprint density at radius 2 is 2.03 bits per heavy atom. The molecule has 0 saturated carbocycles. The van der Waals surface area contributed by atoms with E-state index < -0.39 is 0 Å². The predicted molar refractivity (Wildman–Crippen MR) is 116 cm³/mol. The molecule has 1 N–H and O–H groups in total. The average molecular weight is 456 g/mol. The van der Waals surface area contributed by atoms with E-state index in [4.69, 9.17) is 0 Å². The monoisotopic (exact) mass is 455 g/mol. The van der Waals surface area contributed by atoms with Gasteiger partial charge in [0.05, 0.1) is 0 Å². The fraction of sp³-hybridized carbons (Fsp3) is 0.333. The van der Waals surface area contributed by atoms with Gasteiger partial charge < -0.3 is 10.2 Å². The first-order valence-corrected chi connectivity index (χ1v) is 10.4. The van der Waals surface area contributed by atoms with E-state index in [0.29, 0.717) is 49.5 Å². The molecular formula is C21H22BrN5O2. The first kappa shape index (κ1) is 19.6. The number of pyridine rings is 1. The highest BCUT2D eigenvalue weighted by Crippen LogP contribution is 2.21. The van der Waals surface area contributed by atoms with Gasteiger partial charge in [-0.1, -0.05) is 28.1 Å². The van der Waals surface area contributed by atoms with E-state index in [2.05, 4.69) is 31.2 Å². The van der Waals surface area contributed by atoms with Crippen LogP contribution in [0, 0.1) is 5.92 Å². The smallest absolute Gasteiger partial charge is 0.294 e. The van der Waals surface area contributed by atoms with Crippen LogP contribution in [0.1, 0.15) is 18.4 Å². The van der Waals surface area contributed by atoms with Crippen molar-refractivity contribution in [2.75, 3.05) is 18.0 Å². The molecule has 29 heavy (non-hydrogen) atoms. The van der Waals surface area contributed by atoms with Gasteiger partial charge >= 0.3 is 0 Å². The third-order valence-corrected chi connectivity index (χ3v) is 5.82. The van der Waals surface area contributed by atoms with Gasteiger partial charge in [-0.3, -0.25) is 14.2 Å². The molecule has 0 bridgehead atoms. The molecule has 3 heterocycles. The van der Waals surface area contributed by atoms with Crippen LogP contribution in [0.2, 0.25) is 0 Å². The zero-order valence-electron chi connectivity index (χ0n) is 16.1. The first-order valence-electron chi connectivity index (χ1n) is 9.62. The third-order valence-electron chi connectivity index (χ3n) is 5.33. The lowest BCUT2D eigenvalue weighted by atomic mass is 9.96. The first-order chi connectivity index (χ1) is 14.0. The van der Waals surface area contributed by atoms with Crippen molar-refractivity contribution in [3.63, 3.8) is 0 Å². The Morgan fingerprint density at radius 3 is 2.79 bits per heavy atom. The molecular weight excluding hydrogens is 434 g/mol. The second-order valence-corrected chi connectivity index (χ2v) is 8.17. The Bertz CT molecular complexity index is 1110. The lowest BCUT2D eigenvalue weighted by molar-refractivity contribution is -0.125. The molecule has 3 aromatic rings. The minimum atomic E-state index is -0.159. The molecule has 2 aromatic heterocycles. The van der Waals surface area contributed by atoms with E-state index in [0.717, 1.165) is 10.0 Å². The predicted octanol–water partition coefficient (Wildman–Crippen LogP) is 2.62. The van der Waals surface area contributed by atoms with Gasteiger partial charge in [0, 0.05) is 43.3 Å². The summed E-state index contributed by atoms with van der Waals surface area (Å²) in [6.07, 6.45) is 3.04. The van der Waals surface area contributed by atoms with Crippen LogP contribution in [0.3, 0.4) is 0 Å². The van der Waals surface area contributed by atoms with E-state index in [-0.39, 0.29) is 17.4 Å². The minimum absolute atomic E-state index is 0.0515. The number of hydrogen-bond acceptors (Lipinski definition) is 5. The van der Waals surface area contributed by atoms with Crippen LogP contribution >= 0.6 is 15.9 Å². The summed E-state index contributed by atoms with van der Waals surface area (Å²) in [6, 6.07) is 11.6. The Balaban J connectivity index is 1.40. The van der Waals surface area contributed by atoms with Crippen molar-refractivity contribution in [2.45, 2.75) is 19.4 Å². The number of aryl methyl sites for hydroxylation is 1. The van der Waals surface area contributed by atoms with E-state index in [1.54, 1.807) is 13.2 Å². The molecule has 1 aliphatic rings. The SMILES string of the molecule is Cn1c(=O)c(N2CCC(C(=O)NCc3cccc(Br)c3)CC2)nc2cccnc21. The summed E-state index contributed by atoms with van der Waals surface area (Å²) in [5.74, 6) is 0.443. The van der Waals surface area contributed by atoms with E-state index in [1.807, 2.05) is 41.3 Å². The Hall–Kier alpha value is -2.74. The third kappa shape index (κ3) is 4.17. The van der Waals surface area contributed by atoms with Crippen LogP contribution in [0.4, 0.5) is 5.82 Å². The molecule has 7 nitrogen and oxygen atoms in total. The molecule has 0 radical (unpaired) electrons. The van der Waals surface area contributed by atoms with Crippen molar-refractivity contribution in [3.8, 4) is 0 Å². The van der Waals surface area contributed by atoms with E-state index in [9.17, 15) is 9.59 Å². The van der Waals surface area contributed by atoms with Crippen LogP contribution in [-0.4, -0.2) is 33.5 Å². The van der Waals surface area contributed by atoms with Crippen LogP contribution < -0.4 is 15.8 Å². The number of carbonyl (C=O) groups excluding carboxylic acids is 1. The summed E-state index contributed by atoms with van der Waals surface area (Å²) < 4.78 is 2.53. The van der Waals surface area contributed by atoms with Gasteiger partial charge in [-0.05, 0) is 42.7 Å². The highest BCUT2D eigenvalue weighted by atomic mass is 79.9. The molecule has 0 unspecified atom stereocenters. The van der Waals surface area contributed by atoms with Crippen LogP contribution in [0.5, 0.6) is 0 Å². The fourth-order valence-electron chi connectivity index (χ4n) is 3.68. The van der Waals surface area contributed by atoms with Crippen molar-refractivity contribution in [1.29, 1.82) is 0 Å². The van der Waals surface area contributed by atoms with Gasteiger partial charge in [0.15, 0.2) is 11.5 Å². The topological polar surface area (TPSA) is 80.1 Å². The summed E-state index contributed by atoms with van der Waals surface area (Å²) in [6.45, 7) is 1.77. The van der Waals surface area contributed by atoms with Crippen molar-refractivity contribution in [2.24, 2.45) is 13.0 Å². The van der Waals surface area contributed by atoms with Crippen LogP contribution in [0.25, 0.3) is 11.2 Å². The highest BCUT2D eigenvalue weighted by molar-refractivity contribution is 9.10. The van der Waals surface area contributed by atoms with Crippen LogP contribution in [0.15, 0.2) is 51.9 Å². The number of aromatic nitrogens is 3. The largest absolute Gasteiger partial charge is 0.352 e. The normalized spacial score (nSPS) is 14.9. The van der Waals surface area contributed by atoms with Gasteiger partial charge in [0.25, 0.3) is 5.56 Å². The summed E-state index contributed by atoms with van der Waals surface area (Å²) in [5.41, 5.74) is 2.16. The zero-order valence-corrected chi connectivity index (χ0v) is 17.7. The Kier molecular flexibility index (Phi) is 5.62. The van der Waals surface area contributed by atoms with Crippen molar-refractivity contribution in [1.82, 2.24) is 19.9 Å². The summed E-state index contributed by atoms with van der Waals surface area (Å²) in [7, 11) is 1.71. The molecule has 8 heteroatoms. The number of rotatable bonds is 4. The van der Waals surface area contributed by atoms with Crippen molar-refractivity contribution in [3.05, 3.63) is 63.0 Å².